The third kappa shape index (κ3) is 5.41. The Labute approximate surface area is 176 Å². The van der Waals surface area contributed by atoms with E-state index in [9.17, 15) is 22.8 Å². The number of carbonyl (C=O) groups excluding carboxylic acids is 2. The number of amidine groups is 1. The van der Waals surface area contributed by atoms with Crippen LogP contribution in [0.1, 0.15) is 17.5 Å². The van der Waals surface area contributed by atoms with Crippen LogP contribution in [0.15, 0.2) is 59.6 Å². The lowest BCUT2D eigenvalue weighted by Gasteiger charge is -2.16. The number of aliphatic imine (C=N–C) groups is 1. The zero-order valence-corrected chi connectivity index (χ0v) is 17.0. The first kappa shape index (κ1) is 21.9. The normalized spacial score (nSPS) is 17.5. The first-order valence-electron chi connectivity index (χ1n) is 9.24. The fraction of sp³-hybridized carbons (Fsp3) is 0.286. The first-order chi connectivity index (χ1) is 14.3. The first-order valence-corrected chi connectivity index (χ1v) is 10.1. The molecule has 2 amide bonds. The second kappa shape index (κ2) is 9.34. The van der Waals surface area contributed by atoms with Gasteiger partial charge < -0.3 is 5.32 Å². The van der Waals surface area contributed by atoms with Crippen LogP contribution in [0, 0.1) is 0 Å². The lowest BCUT2D eigenvalue weighted by Crippen LogP contribution is -2.33. The van der Waals surface area contributed by atoms with E-state index in [4.69, 9.17) is 0 Å². The number of benzene rings is 2. The van der Waals surface area contributed by atoms with E-state index < -0.39 is 17.0 Å². The maximum Gasteiger partial charge on any atom is 0.416 e. The highest BCUT2D eigenvalue weighted by Gasteiger charge is 2.39. The minimum Gasteiger partial charge on any atom is -0.335 e. The quantitative estimate of drug-likeness (QED) is 0.434. The number of rotatable bonds is 5. The van der Waals surface area contributed by atoms with Crippen LogP contribution in [0.2, 0.25) is 0 Å². The number of likely N-dealkylation sites (tertiary alicyclic amines) is 1. The molecule has 0 bridgehead atoms. The summed E-state index contributed by atoms with van der Waals surface area (Å²) < 4.78 is 38.7. The van der Waals surface area contributed by atoms with Crippen molar-refractivity contribution in [1.29, 1.82) is 0 Å². The Morgan fingerprint density at radius 1 is 1.17 bits per heavy atom. The third-order valence-electron chi connectivity index (χ3n) is 4.57. The van der Waals surface area contributed by atoms with Gasteiger partial charge in [0.1, 0.15) is 5.25 Å². The molecule has 1 aliphatic rings. The van der Waals surface area contributed by atoms with Crippen molar-refractivity contribution in [2.45, 2.75) is 24.3 Å². The Hall–Kier alpha value is -2.81. The van der Waals surface area contributed by atoms with Crippen LogP contribution >= 0.6 is 11.8 Å². The molecular formula is C21H20F3N3O2S. The summed E-state index contributed by atoms with van der Waals surface area (Å²) in [5.41, 5.74) is 0.444. The Kier molecular flexibility index (Phi) is 6.81. The van der Waals surface area contributed by atoms with Crippen molar-refractivity contribution >= 4 is 34.4 Å². The number of anilines is 1. The van der Waals surface area contributed by atoms with E-state index in [1.807, 2.05) is 30.3 Å². The van der Waals surface area contributed by atoms with Gasteiger partial charge in [-0.25, -0.2) is 0 Å². The van der Waals surface area contributed by atoms with Gasteiger partial charge in [0.05, 0.1) is 5.56 Å². The monoisotopic (exact) mass is 435 g/mol. The average molecular weight is 435 g/mol. The number of carbonyl (C=O) groups is 2. The van der Waals surface area contributed by atoms with E-state index in [0.717, 1.165) is 29.5 Å². The molecule has 1 atom stereocenters. The van der Waals surface area contributed by atoms with Crippen molar-refractivity contribution in [2.24, 2.45) is 4.99 Å². The maximum atomic E-state index is 12.9. The molecule has 1 N–H and O–H groups in total. The summed E-state index contributed by atoms with van der Waals surface area (Å²) in [6, 6.07) is 14.3. The highest BCUT2D eigenvalue weighted by Crippen LogP contribution is 2.32. The van der Waals surface area contributed by atoms with Crippen LogP contribution in [-0.4, -0.2) is 40.7 Å². The molecule has 3 rings (SSSR count). The summed E-state index contributed by atoms with van der Waals surface area (Å²) in [6.07, 6.45) is -3.87. The van der Waals surface area contributed by atoms with Gasteiger partial charge in [-0.05, 0) is 30.2 Å². The van der Waals surface area contributed by atoms with E-state index in [1.165, 1.54) is 24.1 Å². The lowest BCUT2D eigenvalue weighted by molar-refractivity contribution is -0.139. The lowest BCUT2D eigenvalue weighted by atomic mass is 10.1. The van der Waals surface area contributed by atoms with Crippen LogP contribution < -0.4 is 5.32 Å². The van der Waals surface area contributed by atoms with E-state index in [2.05, 4.69) is 10.3 Å². The third-order valence-corrected chi connectivity index (χ3v) is 5.73. The molecule has 0 spiro atoms. The Morgan fingerprint density at radius 3 is 2.57 bits per heavy atom. The zero-order valence-electron chi connectivity index (χ0n) is 16.1. The van der Waals surface area contributed by atoms with Crippen LogP contribution in [0.3, 0.4) is 0 Å². The number of nitrogens with one attached hydrogen (secondary N) is 1. The molecule has 1 fully saturated rings. The average Bonchev–Trinajstić information content (AvgIpc) is 2.99. The minimum absolute atomic E-state index is 0.0293. The Balaban J connectivity index is 1.62. The predicted molar refractivity (Wildman–Crippen MR) is 111 cm³/mol. The van der Waals surface area contributed by atoms with E-state index in [0.29, 0.717) is 13.0 Å². The molecule has 1 aliphatic heterocycles. The molecule has 9 heteroatoms. The summed E-state index contributed by atoms with van der Waals surface area (Å²) in [5.74, 6) is -0.573. The number of hydrogen-bond acceptors (Lipinski definition) is 4. The molecule has 158 valence electrons. The topological polar surface area (TPSA) is 61.8 Å². The SMILES string of the molecule is CN=C(Nc1cccc(C(F)(F)F)c1)SC1CC(=O)N(CCc2ccccc2)C1=O. The van der Waals surface area contributed by atoms with Gasteiger partial charge in [0.2, 0.25) is 11.8 Å². The zero-order chi connectivity index (χ0) is 21.7. The largest absolute Gasteiger partial charge is 0.416 e. The van der Waals surface area contributed by atoms with Gasteiger partial charge in [-0.2, -0.15) is 13.2 Å². The van der Waals surface area contributed by atoms with Crippen molar-refractivity contribution in [1.82, 2.24) is 4.90 Å². The highest BCUT2D eigenvalue weighted by molar-refractivity contribution is 8.15. The van der Waals surface area contributed by atoms with Gasteiger partial charge >= 0.3 is 6.18 Å². The van der Waals surface area contributed by atoms with E-state index in [-0.39, 0.29) is 29.1 Å². The highest BCUT2D eigenvalue weighted by atomic mass is 32.2. The number of amides is 2. The van der Waals surface area contributed by atoms with Crippen molar-refractivity contribution in [3.8, 4) is 0 Å². The molecule has 1 heterocycles. The molecule has 0 radical (unpaired) electrons. The second-order valence-corrected chi connectivity index (χ2v) is 7.85. The second-order valence-electron chi connectivity index (χ2n) is 6.66. The Bertz CT molecular complexity index is 948. The van der Waals surface area contributed by atoms with Crippen LogP contribution in [-0.2, 0) is 22.2 Å². The maximum absolute atomic E-state index is 12.9. The van der Waals surface area contributed by atoms with E-state index in [1.54, 1.807) is 0 Å². The molecule has 0 saturated carbocycles. The summed E-state index contributed by atoms with van der Waals surface area (Å²) in [5, 5.41) is 2.41. The molecule has 2 aromatic rings. The van der Waals surface area contributed by atoms with Crippen LogP contribution in [0.25, 0.3) is 0 Å². The molecule has 2 aromatic carbocycles. The molecule has 30 heavy (non-hydrogen) atoms. The number of hydrogen-bond donors (Lipinski definition) is 1. The number of nitrogens with zero attached hydrogens (tertiary/aromatic N) is 2. The summed E-state index contributed by atoms with van der Waals surface area (Å²) >= 11 is 1.04. The molecular weight excluding hydrogens is 415 g/mol. The fourth-order valence-corrected chi connectivity index (χ4v) is 4.04. The smallest absolute Gasteiger partial charge is 0.335 e. The molecule has 1 unspecified atom stereocenters. The molecule has 1 saturated heterocycles. The fourth-order valence-electron chi connectivity index (χ4n) is 3.03. The van der Waals surface area contributed by atoms with Crippen LogP contribution in [0.4, 0.5) is 18.9 Å². The molecule has 5 nitrogen and oxygen atoms in total. The van der Waals surface area contributed by atoms with E-state index >= 15 is 0 Å². The predicted octanol–water partition coefficient (Wildman–Crippen LogP) is 4.21. The number of halogens is 3. The summed E-state index contributed by atoms with van der Waals surface area (Å²) in [6.45, 7) is 0.290. The van der Waals surface area contributed by atoms with Crippen molar-refractivity contribution < 1.29 is 22.8 Å². The van der Waals surface area contributed by atoms with Gasteiger partial charge in [0, 0.05) is 25.7 Å². The van der Waals surface area contributed by atoms with Gasteiger partial charge in [0.25, 0.3) is 0 Å². The number of imide groups is 1. The molecule has 0 aromatic heterocycles. The standard InChI is InChI=1S/C21H20F3N3O2S/c1-25-20(26-16-9-5-8-15(12-16)21(22,23)24)30-17-13-18(28)27(19(17)29)11-10-14-6-3-2-4-7-14/h2-9,12,17H,10-11,13H2,1H3,(H,25,26). The van der Waals surface area contributed by atoms with Crippen LogP contribution in [0.5, 0.6) is 0 Å². The van der Waals surface area contributed by atoms with Crippen molar-refractivity contribution in [3.63, 3.8) is 0 Å². The molecule has 0 aliphatic carbocycles. The van der Waals surface area contributed by atoms with Gasteiger partial charge in [-0.3, -0.25) is 19.5 Å². The summed E-state index contributed by atoms with van der Waals surface area (Å²) in [4.78, 5) is 30.2. The number of thioether (sulfide) groups is 1. The van der Waals surface area contributed by atoms with Crippen molar-refractivity contribution in [2.75, 3.05) is 18.9 Å². The minimum atomic E-state index is -4.46. The van der Waals surface area contributed by atoms with Gasteiger partial charge in [-0.1, -0.05) is 48.2 Å². The number of alkyl halides is 3. The van der Waals surface area contributed by atoms with Gasteiger partial charge in [-0.15, -0.1) is 0 Å². The van der Waals surface area contributed by atoms with Crippen molar-refractivity contribution in [3.05, 3.63) is 65.7 Å². The Morgan fingerprint density at radius 2 is 1.90 bits per heavy atom. The summed E-state index contributed by atoms with van der Waals surface area (Å²) in [7, 11) is 1.47. The van der Waals surface area contributed by atoms with Gasteiger partial charge in [0.15, 0.2) is 5.17 Å².